The summed E-state index contributed by atoms with van der Waals surface area (Å²) in [6, 6.07) is 22.3. The number of aromatic nitrogens is 3. The second kappa shape index (κ2) is 9.81. The molecule has 2 amide bonds. The minimum atomic E-state index is -0.287. The fraction of sp³-hybridized carbons (Fsp3) is 0.333. The third-order valence-electron chi connectivity index (χ3n) is 7.69. The molecule has 190 valence electrons. The van der Waals surface area contributed by atoms with Crippen molar-refractivity contribution in [2.45, 2.75) is 57.7 Å². The molecule has 0 radical (unpaired) electrons. The Morgan fingerprint density at radius 2 is 1.81 bits per heavy atom. The van der Waals surface area contributed by atoms with E-state index in [1.807, 2.05) is 59.0 Å². The van der Waals surface area contributed by atoms with Gasteiger partial charge in [-0.3, -0.25) is 0 Å². The maximum absolute atomic E-state index is 14.0. The molecule has 0 bridgehead atoms. The number of urea groups is 1. The zero-order chi connectivity index (χ0) is 25.4. The lowest BCUT2D eigenvalue weighted by molar-refractivity contribution is 0.173. The lowest BCUT2D eigenvalue weighted by atomic mass is 9.95. The standard InChI is InChI=1S/C30H33N5O2/c1-21-26-20-34(30(36)31-23-12-5-3-6-13-23)28(22-11-9-16-25(19-22)37-2)27-17-10-18-33(27)29(26)35(32-21)24-14-7-4-8-15-24/h4,7-11,14-19,23,28H,3,5-6,12-13,20H2,1-2H3,(H,31,36)/t28-/m1/s1. The van der Waals surface area contributed by atoms with E-state index in [-0.39, 0.29) is 18.1 Å². The number of nitrogens with zero attached hydrogens (tertiary/aromatic N) is 4. The molecule has 7 heteroatoms. The summed E-state index contributed by atoms with van der Waals surface area (Å²) in [7, 11) is 1.68. The molecule has 37 heavy (non-hydrogen) atoms. The van der Waals surface area contributed by atoms with Gasteiger partial charge in [-0.2, -0.15) is 5.10 Å². The molecule has 6 rings (SSSR count). The van der Waals surface area contributed by atoms with Crippen LogP contribution in [0.1, 0.15) is 60.7 Å². The van der Waals surface area contributed by atoms with Crippen LogP contribution in [0.5, 0.6) is 5.75 Å². The molecule has 0 spiro atoms. The first-order chi connectivity index (χ1) is 18.1. The summed E-state index contributed by atoms with van der Waals surface area (Å²) in [5.41, 5.74) is 4.98. The quantitative estimate of drug-likeness (QED) is 0.382. The van der Waals surface area contributed by atoms with Crippen LogP contribution in [0.25, 0.3) is 11.5 Å². The number of hydrogen-bond donors (Lipinski definition) is 1. The Hall–Kier alpha value is -4.00. The van der Waals surface area contributed by atoms with Gasteiger partial charge in [-0.05, 0) is 61.7 Å². The van der Waals surface area contributed by atoms with Gasteiger partial charge < -0.3 is 19.5 Å². The van der Waals surface area contributed by atoms with Gasteiger partial charge in [0, 0.05) is 17.8 Å². The second-order valence-electron chi connectivity index (χ2n) is 10.0. The zero-order valence-electron chi connectivity index (χ0n) is 21.4. The van der Waals surface area contributed by atoms with Crippen LogP contribution in [0.3, 0.4) is 0 Å². The number of amides is 2. The molecule has 7 nitrogen and oxygen atoms in total. The van der Waals surface area contributed by atoms with Crippen molar-refractivity contribution < 1.29 is 9.53 Å². The van der Waals surface area contributed by atoms with E-state index in [1.54, 1.807) is 7.11 Å². The van der Waals surface area contributed by atoms with E-state index in [2.05, 4.69) is 40.3 Å². The topological polar surface area (TPSA) is 64.3 Å². The molecule has 4 aromatic rings. The fourth-order valence-electron chi connectivity index (χ4n) is 5.82. The average Bonchev–Trinajstić information content (AvgIpc) is 3.50. The van der Waals surface area contributed by atoms with Gasteiger partial charge in [0.05, 0.1) is 36.8 Å². The van der Waals surface area contributed by atoms with Gasteiger partial charge in [-0.15, -0.1) is 0 Å². The molecule has 0 saturated heterocycles. The highest BCUT2D eigenvalue weighted by atomic mass is 16.5. The first-order valence-electron chi connectivity index (χ1n) is 13.2. The zero-order valence-corrected chi connectivity index (χ0v) is 21.4. The molecular weight excluding hydrogens is 462 g/mol. The maximum atomic E-state index is 14.0. The third-order valence-corrected chi connectivity index (χ3v) is 7.69. The van der Waals surface area contributed by atoms with Crippen molar-refractivity contribution in [1.29, 1.82) is 0 Å². The van der Waals surface area contributed by atoms with Crippen LogP contribution < -0.4 is 10.1 Å². The largest absolute Gasteiger partial charge is 0.497 e. The molecule has 2 aromatic carbocycles. The molecule has 3 heterocycles. The lowest BCUT2D eigenvalue weighted by Crippen LogP contribution is -2.46. The summed E-state index contributed by atoms with van der Waals surface area (Å²) >= 11 is 0. The summed E-state index contributed by atoms with van der Waals surface area (Å²) in [6.45, 7) is 2.49. The molecule has 1 aliphatic carbocycles. The first kappa shape index (κ1) is 23.4. The van der Waals surface area contributed by atoms with Gasteiger partial charge in [0.15, 0.2) is 0 Å². The third kappa shape index (κ3) is 4.28. The summed E-state index contributed by atoms with van der Waals surface area (Å²) in [5.74, 6) is 1.75. The Kier molecular flexibility index (Phi) is 6.20. The SMILES string of the molecule is COc1cccc([C@@H]2c3cccn3-c3c(c(C)nn3-c3ccccc3)CN2C(=O)NC2CCCCC2)c1. The molecule has 1 aliphatic heterocycles. The number of carbonyl (C=O) groups excluding carboxylic acids is 1. The fourth-order valence-corrected chi connectivity index (χ4v) is 5.82. The van der Waals surface area contributed by atoms with Crippen molar-refractivity contribution in [2.24, 2.45) is 0 Å². The number of methoxy groups -OCH3 is 1. The van der Waals surface area contributed by atoms with E-state index in [4.69, 9.17) is 9.84 Å². The minimum Gasteiger partial charge on any atom is -0.497 e. The highest BCUT2D eigenvalue weighted by molar-refractivity contribution is 5.76. The molecule has 0 unspecified atom stereocenters. The lowest BCUT2D eigenvalue weighted by Gasteiger charge is -2.33. The van der Waals surface area contributed by atoms with Crippen LogP contribution >= 0.6 is 0 Å². The molecule has 1 saturated carbocycles. The normalized spacial score (nSPS) is 17.6. The number of hydrogen-bond acceptors (Lipinski definition) is 3. The number of para-hydroxylation sites is 1. The van der Waals surface area contributed by atoms with Gasteiger partial charge in [0.1, 0.15) is 11.6 Å². The van der Waals surface area contributed by atoms with Crippen molar-refractivity contribution in [3.8, 4) is 17.3 Å². The van der Waals surface area contributed by atoms with Gasteiger partial charge in [-0.25, -0.2) is 9.48 Å². The maximum Gasteiger partial charge on any atom is 0.318 e. The van der Waals surface area contributed by atoms with Crippen LogP contribution in [-0.4, -0.2) is 38.4 Å². The summed E-state index contributed by atoms with van der Waals surface area (Å²) < 4.78 is 9.76. The van der Waals surface area contributed by atoms with Crippen molar-refractivity contribution in [3.63, 3.8) is 0 Å². The molecule has 2 aromatic heterocycles. The predicted molar refractivity (Wildman–Crippen MR) is 143 cm³/mol. The smallest absolute Gasteiger partial charge is 0.318 e. The van der Waals surface area contributed by atoms with E-state index >= 15 is 0 Å². The number of nitrogens with one attached hydrogen (secondary N) is 1. The predicted octanol–water partition coefficient (Wildman–Crippen LogP) is 5.93. The van der Waals surface area contributed by atoms with Crippen molar-refractivity contribution in [1.82, 2.24) is 24.6 Å². The second-order valence-corrected chi connectivity index (χ2v) is 10.0. The number of carbonyl (C=O) groups is 1. The Balaban J connectivity index is 1.51. The number of fused-ring (bicyclic) bond motifs is 3. The van der Waals surface area contributed by atoms with Crippen molar-refractivity contribution >= 4 is 6.03 Å². The van der Waals surface area contributed by atoms with Gasteiger partial charge >= 0.3 is 6.03 Å². The Morgan fingerprint density at radius 3 is 2.59 bits per heavy atom. The summed E-state index contributed by atoms with van der Waals surface area (Å²) in [4.78, 5) is 16.0. The van der Waals surface area contributed by atoms with Gasteiger partial charge in [0.2, 0.25) is 0 Å². The number of rotatable bonds is 4. The minimum absolute atomic E-state index is 0.0350. The highest BCUT2D eigenvalue weighted by Gasteiger charge is 2.36. The molecule has 2 aliphatic rings. The summed E-state index contributed by atoms with van der Waals surface area (Å²) in [6.07, 6.45) is 7.73. The van der Waals surface area contributed by atoms with E-state index in [0.717, 1.165) is 52.6 Å². The Bertz CT molecular complexity index is 1400. The van der Waals surface area contributed by atoms with E-state index in [1.165, 1.54) is 19.3 Å². The van der Waals surface area contributed by atoms with Crippen LogP contribution in [-0.2, 0) is 6.54 Å². The van der Waals surface area contributed by atoms with Crippen LogP contribution in [0.4, 0.5) is 4.79 Å². The average molecular weight is 496 g/mol. The number of aryl methyl sites for hydroxylation is 1. The van der Waals surface area contributed by atoms with Crippen LogP contribution in [0.15, 0.2) is 72.9 Å². The number of ether oxygens (including phenoxy) is 1. The van der Waals surface area contributed by atoms with Crippen molar-refractivity contribution in [3.05, 3.63) is 95.4 Å². The van der Waals surface area contributed by atoms with Crippen molar-refractivity contribution in [2.75, 3.05) is 7.11 Å². The van der Waals surface area contributed by atoms with Gasteiger partial charge in [0.25, 0.3) is 0 Å². The Labute approximate surface area is 217 Å². The Morgan fingerprint density at radius 1 is 1.00 bits per heavy atom. The summed E-state index contributed by atoms with van der Waals surface area (Å²) in [5, 5.41) is 8.31. The van der Waals surface area contributed by atoms with E-state index < -0.39 is 0 Å². The van der Waals surface area contributed by atoms with E-state index in [9.17, 15) is 4.79 Å². The molecule has 1 N–H and O–H groups in total. The highest BCUT2D eigenvalue weighted by Crippen LogP contribution is 2.39. The van der Waals surface area contributed by atoms with E-state index in [0.29, 0.717) is 6.54 Å². The number of benzene rings is 2. The van der Waals surface area contributed by atoms with Crippen LogP contribution in [0.2, 0.25) is 0 Å². The van der Waals surface area contributed by atoms with Crippen LogP contribution in [0, 0.1) is 6.92 Å². The molecular formula is C30H33N5O2. The van der Waals surface area contributed by atoms with Gasteiger partial charge in [-0.1, -0.05) is 49.6 Å². The molecule has 1 atom stereocenters. The first-order valence-corrected chi connectivity index (χ1v) is 13.2. The monoisotopic (exact) mass is 495 g/mol. The molecule has 1 fully saturated rings.